The van der Waals surface area contributed by atoms with E-state index in [0.717, 1.165) is 11.3 Å². The first-order chi connectivity index (χ1) is 12.7. The van der Waals surface area contributed by atoms with Gasteiger partial charge in [-0.2, -0.15) is 0 Å². The smallest absolute Gasteiger partial charge is 0.226 e. The fourth-order valence-corrected chi connectivity index (χ4v) is 2.73. The molecule has 2 N–H and O–H groups in total. The zero-order valence-electron chi connectivity index (χ0n) is 16.7. The summed E-state index contributed by atoms with van der Waals surface area (Å²) in [5.74, 6) is 1.17. The third-order valence-electron chi connectivity index (χ3n) is 4.17. The second-order valence-corrected chi connectivity index (χ2v) is 7.83. The fourth-order valence-electron chi connectivity index (χ4n) is 2.73. The molecule has 2 aromatic heterocycles. The van der Waals surface area contributed by atoms with Crippen molar-refractivity contribution < 1.29 is 9.59 Å². The number of hydrogen-bond donors (Lipinski definition) is 2. The van der Waals surface area contributed by atoms with Crippen LogP contribution in [0.15, 0.2) is 36.5 Å². The number of nitrogens with zero attached hydrogens (tertiary/aromatic N) is 2. The number of carbonyl (C=O) groups is 2. The van der Waals surface area contributed by atoms with E-state index in [1.165, 1.54) is 0 Å². The van der Waals surface area contributed by atoms with Crippen molar-refractivity contribution in [2.24, 2.45) is 5.92 Å². The topological polar surface area (TPSA) is 84.0 Å². The molecule has 144 valence electrons. The van der Waals surface area contributed by atoms with E-state index in [2.05, 4.69) is 20.6 Å². The van der Waals surface area contributed by atoms with Crippen molar-refractivity contribution >= 4 is 23.5 Å². The predicted octanol–water partition coefficient (Wildman–Crippen LogP) is 4.08. The lowest BCUT2D eigenvalue weighted by atomic mass is 9.85. The number of amides is 2. The van der Waals surface area contributed by atoms with Crippen LogP contribution in [0, 0.1) is 12.8 Å². The minimum Gasteiger partial charge on any atom is -0.311 e. The van der Waals surface area contributed by atoms with Crippen molar-refractivity contribution in [3.63, 3.8) is 0 Å². The largest absolute Gasteiger partial charge is 0.311 e. The second kappa shape index (κ2) is 8.75. The molecule has 0 bridgehead atoms. The van der Waals surface area contributed by atoms with Crippen LogP contribution in [-0.4, -0.2) is 21.8 Å². The summed E-state index contributed by atoms with van der Waals surface area (Å²) in [4.78, 5) is 33.2. The molecular weight excluding hydrogens is 340 g/mol. The van der Waals surface area contributed by atoms with Gasteiger partial charge in [-0.15, -0.1) is 0 Å². The minimum atomic E-state index is -0.494. The Labute approximate surface area is 160 Å². The lowest BCUT2D eigenvalue weighted by molar-refractivity contribution is -0.118. The van der Waals surface area contributed by atoms with Gasteiger partial charge in [0.05, 0.1) is 0 Å². The molecule has 0 saturated heterocycles. The van der Waals surface area contributed by atoms with Crippen LogP contribution in [0.4, 0.5) is 11.6 Å². The number of nitrogens with one attached hydrogen (secondary N) is 2. The second-order valence-electron chi connectivity index (χ2n) is 7.83. The summed E-state index contributed by atoms with van der Waals surface area (Å²) in [6.07, 6.45) is 2.35. The Bertz CT molecular complexity index is 815. The van der Waals surface area contributed by atoms with Crippen LogP contribution >= 0.6 is 0 Å². The van der Waals surface area contributed by atoms with Gasteiger partial charge in [-0.05, 0) is 36.6 Å². The molecule has 0 aliphatic heterocycles. The van der Waals surface area contributed by atoms with Gasteiger partial charge in [0.1, 0.15) is 11.6 Å². The van der Waals surface area contributed by atoms with Gasteiger partial charge >= 0.3 is 0 Å². The van der Waals surface area contributed by atoms with E-state index in [9.17, 15) is 9.59 Å². The summed E-state index contributed by atoms with van der Waals surface area (Å²) < 4.78 is 0. The highest BCUT2D eigenvalue weighted by Crippen LogP contribution is 2.27. The molecule has 0 fully saturated rings. The van der Waals surface area contributed by atoms with E-state index >= 15 is 0 Å². The van der Waals surface area contributed by atoms with Gasteiger partial charge < -0.3 is 10.6 Å². The number of aryl methyl sites for hydroxylation is 1. The molecule has 0 aromatic carbocycles. The first-order valence-electron chi connectivity index (χ1n) is 9.16. The fraction of sp³-hybridized carbons (Fsp3) is 0.429. The van der Waals surface area contributed by atoms with Gasteiger partial charge in [-0.3, -0.25) is 9.59 Å². The molecular formula is C21H28N4O2. The van der Waals surface area contributed by atoms with Crippen molar-refractivity contribution in [1.82, 2.24) is 9.97 Å². The summed E-state index contributed by atoms with van der Waals surface area (Å²) >= 11 is 0. The van der Waals surface area contributed by atoms with Gasteiger partial charge in [0.2, 0.25) is 11.8 Å². The van der Waals surface area contributed by atoms with E-state index in [-0.39, 0.29) is 24.2 Å². The molecule has 2 rings (SSSR count). The molecule has 0 spiro atoms. The third-order valence-corrected chi connectivity index (χ3v) is 4.17. The molecule has 6 heteroatoms. The molecule has 0 radical (unpaired) electrons. The molecule has 0 saturated carbocycles. The van der Waals surface area contributed by atoms with Crippen LogP contribution in [0.25, 0.3) is 0 Å². The minimum absolute atomic E-state index is 0.0594. The summed E-state index contributed by atoms with van der Waals surface area (Å²) in [6.45, 7) is 9.81. The maximum Gasteiger partial charge on any atom is 0.226 e. The summed E-state index contributed by atoms with van der Waals surface area (Å²) in [6, 6.07) is 9.21. The van der Waals surface area contributed by atoms with Crippen molar-refractivity contribution in [3.05, 3.63) is 47.8 Å². The monoisotopic (exact) mass is 368 g/mol. The molecule has 0 unspecified atom stereocenters. The van der Waals surface area contributed by atoms with Gasteiger partial charge in [-0.25, -0.2) is 9.97 Å². The van der Waals surface area contributed by atoms with Crippen molar-refractivity contribution in [2.45, 2.75) is 52.9 Å². The molecule has 2 aromatic rings. The Hall–Kier alpha value is -2.76. The first-order valence-corrected chi connectivity index (χ1v) is 9.16. The van der Waals surface area contributed by atoms with Gasteiger partial charge in [-0.1, -0.05) is 39.8 Å². The average molecular weight is 368 g/mol. The summed E-state index contributed by atoms with van der Waals surface area (Å²) in [5, 5.41) is 5.68. The zero-order valence-corrected chi connectivity index (χ0v) is 16.7. The van der Waals surface area contributed by atoms with Gasteiger partial charge in [0.15, 0.2) is 0 Å². The first kappa shape index (κ1) is 20.6. The number of anilines is 2. The quantitative estimate of drug-likeness (QED) is 0.771. The maximum absolute atomic E-state index is 12.5. The predicted molar refractivity (Wildman–Crippen MR) is 108 cm³/mol. The summed E-state index contributed by atoms with van der Waals surface area (Å²) in [5.41, 5.74) is 1.17. The van der Waals surface area contributed by atoms with Crippen LogP contribution in [0.2, 0.25) is 0 Å². The lowest BCUT2D eigenvalue weighted by Crippen LogP contribution is -2.27. The number of pyridine rings is 2. The van der Waals surface area contributed by atoms with E-state index in [4.69, 9.17) is 0 Å². The van der Waals surface area contributed by atoms with Crippen LogP contribution in [0.5, 0.6) is 0 Å². The summed E-state index contributed by atoms with van der Waals surface area (Å²) in [7, 11) is 0. The third kappa shape index (κ3) is 6.16. The Morgan fingerprint density at radius 1 is 1.07 bits per heavy atom. The number of aromatic nitrogens is 2. The van der Waals surface area contributed by atoms with Gasteiger partial charge in [0, 0.05) is 30.1 Å². The van der Waals surface area contributed by atoms with E-state index in [0.29, 0.717) is 18.1 Å². The Morgan fingerprint density at radius 2 is 1.81 bits per heavy atom. The molecule has 0 atom stereocenters. The number of rotatable bonds is 7. The maximum atomic E-state index is 12.5. The van der Waals surface area contributed by atoms with E-state index in [1.807, 2.05) is 58.9 Å². The molecule has 2 amide bonds. The van der Waals surface area contributed by atoms with Crippen molar-refractivity contribution in [2.75, 3.05) is 10.6 Å². The van der Waals surface area contributed by atoms with Crippen molar-refractivity contribution in [1.29, 1.82) is 0 Å². The SMILES string of the molecule is Cc1cccnc1NC(=O)CC(C)(C)c1cccc(NC(=O)CC(C)C)n1. The van der Waals surface area contributed by atoms with Crippen LogP contribution in [-0.2, 0) is 15.0 Å². The highest BCUT2D eigenvalue weighted by atomic mass is 16.2. The molecule has 0 aliphatic carbocycles. The normalized spacial score (nSPS) is 11.3. The van der Waals surface area contributed by atoms with Crippen LogP contribution in [0.1, 0.15) is 51.8 Å². The number of hydrogen-bond acceptors (Lipinski definition) is 4. The highest BCUT2D eigenvalue weighted by Gasteiger charge is 2.26. The lowest BCUT2D eigenvalue weighted by Gasteiger charge is -2.24. The van der Waals surface area contributed by atoms with Crippen LogP contribution < -0.4 is 10.6 Å². The Balaban J connectivity index is 2.07. The number of carbonyl (C=O) groups excluding carboxylic acids is 2. The Morgan fingerprint density at radius 3 is 2.48 bits per heavy atom. The van der Waals surface area contributed by atoms with Crippen molar-refractivity contribution in [3.8, 4) is 0 Å². The Kier molecular flexibility index (Phi) is 6.66. The average Bonchev–Trinajstić information content (AvgIpc) is 2.56. The highest BCUT2D eigenvalue weighted by molar-refractivity contribution is 5.91. The standard InChI is InChI=1S/C21H28N4O2/c1-14(2)12-18(26)24-17-10-6-9-16(23-17)21(4,5)13-19(27)25-20-15(3)8-7-11-22-20/h6-11,14H,12-13H2,1-5H3,(H,22,25,27)(H,23,24,26). The molecule has 27 heavy (non-hydrogen) atoms. The zero-order chi connectivity index (χ0) is 20.0. The molecule has 2 heterocycles. The molecule has 0 aliphatic rings. The van der Waals surface area contributed by atoms with Crippen LogP contribution in [0.3, 0.4) is 0 Å². The van der Waals surface area contributed by atoms with E-state index < -0.39 is 5.41 Å². The van der Waals surface area contributed by atoms with Gasteiger partial charge in [0.25, 0.3) is 0 Å². The van der Waals surface area contributed by atoms with E-state index in [1.54, 1.807) is 12.3 Å². The molecule has 6 nitrogen and oxygen atoms in total.